The fourth-order valence-electron chi connectivity index (χ4n) is 1.95. The van der Waals surface area contributed by atoms with E-state index >= 15 is 0 Å². The lowest BCUT2D eigenvalue weighted by atomic mass is 10.0. The molecule has 0 aliphatic carbocycles. The number of benzene rings is 1. The maximum absolute atomic E-state index is 12.4. The van der Waals surface area contributed by atoms with Crippen LogP contribution in [0.25, 0.3) is 0 Å². The van der Waals surface area contributed by atoms with Crippen molar-refractivity contribution in [2.24, 2.45) is 0 Å². The van der Waals surface area contributed by atoms with E-state index in [1.807, 2.05) is 37.3 Å². The van der Waals surface area contributed by atoms with E-state index in [-0.39, 0.29) is 5.78 Å². The van der Waals surface area contributed by atoms with Crippen molar-refractivity contribution in [2.75, 3.05) is 7.11 Å². The minimum absolute atomic E-state index is 0.0666. The average Bonchev–Trinajstić information content (AvgIpc) is 2.89. The van der Waals surface area contributed by atoms with Crippen LogP contribution >= 0.6 is 0 Å². The Labute approximate surface area is 106 Å². The van der Waals surface area contributed by atoms with Crippen molar-refractivity contribution < 1.29 is 9.53 Å². The van der Waals surface area contributed by atoms with Gasteiger partial charge in [0, 0.05) is 19.9 Å². The highest BCUT2D eigenvalue weighted by molar-refractivity contribution is 5.98. The number of carbonyl (C=O) groups is 1. The first-order valence-electron chi connectivity index (χ1n) is 5.91. The molecule has 0 saturated heterocycles. The van der Waals surface area contributed by atoms with E-state index < -0.39 is 6.10 Å². The van der Waals surface area contributed by atoms with E-state index in [0.29, 0.717) is 12.2 Å². The molecule has 2 aromatic rings. The van der Waals surface area contributed by atoms with Crippen LogP contribution in [0.5, 0.6) is 0 Å². The third kappa shape index (κ3) is 2.33. The van der Waals surface area contributed by atoms with Crippen molar-refractivity contribution in [1.82, 2.24) is 9.78 Å². The molecule has 4 nitrogen and oxygen atoms in total. The molecule has 0 spiro atoms. The number of carbonyl (C=O) groups excluding carboxylic acids is 1. The molecule has 1 heterocycles. The second-order valence-corrected chi connectivity index (χ2v) is 3.92. The molecule has 0 aliphatic heterocycles. The van der Waals surface area contributed by atoms with Gasteiger partial charge in [-0.3, -0.25) is 9.48 Å². The average molecular weight is 244 g/mol. The largest absolute Gasteiger partial charge is 0.368 e. The summed E-state index contributed by atoms with van der Waals surface area (Å²) in [6.45, 7) is 2.62. The van der Waals surface area contributed by atoms with Crippen LogP contribution in [0.4, 0.5) is 0 Å². The highest BCUT2D eigenvalue weighted by Gasteiger charge is 2.24. The molecule has 0 N–H and O–H groups in total. The minimum Gasteiger partial charge on any atom is -0.368 e. The summed E-state index contributed by atoms with van der Waals surface area (Å²) in [7, 11) is 1.54. The summed E-state index contributed by atoms with van der Waals surface area (Å²) < 4.78 is 7.01. The van der Waals surface area contributed by atoms with Gasteiger partial charge in [-0.05, 0) is 18.6 Å². The molecule has 0 radical (unpaired) electrons. The Morgan fingerprint density at radius 1 is 1.33 bits per heavy atom. The molecule has 0 fully saturated rings. The second-order valence-electron chi connectivity index (χ2n) is 3.92. The highest BCUT2D eigenvalue weighted by atomic mass is 16.5. The summed E-state index contributed by atoms with van der Waals surface area (Å²) in [6.07, 6.45) is 1.06. The number of Topliss-reactive ketones (excluding diaryl/α,β-unsaturated/α-hetero) is 1. The maximum Gasteiger partial charge on any atom is 0.214 e. The topological polar surface area (TPSA) is 44.1 Å². The van der Waals surface area contributed by atoms with E-state index in [0.717, 1.165) is 5.56 Å². The molecule has 0 saturated carbocycles. The first-order chi connectivity index (χ1) is 8.77. The first kappa shape index (κ1) is 12.5. The molecule has 1 aromatic carbocycles. The zero-order valence-corrected chi connectivity index (χ0v) is 10.5. The number of hydrogen-bond donors (Lipinski definition) is 0. The molecule has 94 valence electrons. The van der Waals surface area contributed by atoms with E-state index in [2.05, 4.69) is 5.10 Å². The Hall–Kier alpha value is -1.94. The van der Waals surface area contributed by atoms with Gasteiger partial charge in [-0.2, -0.15) is 5.10 Å². The van der Waals surface area contributed by atoms with E-state index in [1.54, 1.807) is 24.1 Å². The molecular formula is C14H16N2O2. The third-order valence-corrected chi connectivity index (χ3v) is 2.84. The van der Waals surface area contributed by atoms with Crippen LogP contribution in [-0.2, 0) is 11.3 Å². The SMILES string of the molecule is CCn1nccc1C(=O)C(OC)c1ccccc1. The first-order valence-corrected chi connectivity index (χ1v) is 5.91. The Bertz CT molecular complexity index is 520. The molecule has 4 heteroatoms. The fraction of sp³-hybridized carbons (Fsp3) is 0.286. The van der Waals surface area contributed by atoms with Crippen LogP contribution in [0.2, 0.25) is 0 Å². The van der Waals surface area contributed by atoms with Crippen LogP contribution in [0.3, 0.4) is 0 Å². The molecule has 2 rings (SSSR count). The van der Waals surface area contributed by atoms with Crippen molar-refractivity contribution >= 4 is 5.78 Å². The summed E-state index contributed by atoms with van der Waals surface area (Å²) >= 11 is 0. The summed E-state index contributed by atoms with van der Waals surface area (Å²) in [5, 5.41) is 4.11. The second kappa shape index (κ2) is 5.60. The van der Waals surface area contributed by atoms with Crippen molar-refractivity contribution in [3.05, 3.63) is 53.9 Å². The van der Waals surface area contributed by atoms with Gasteiger partial charge < -0.3 is 4.74 Å². The molecule has 18 heavy (non-hydrogen) atoms. The van der Waals surface area contributed by atoms with Crippen molar-refractivity contribution in [3.63, 3.8) is 0 Å². The van der Waals surface area contributed by atoms with Crippen molar-refractivity contribution in [3.8, 4) is 0 Å². The minimum atomic E-state index is -0.576. The molecule has 0 bridgehead atoms. The number of rotatable bonds is 5. The Balaban J connectivity index is 2.32. The lowest BCUT2D eigenvalue weighted by Crippen LogP contribution is -2.18. The van der Waals surface area contributed by atoms with E-state index in [4.69, 9.17) is 4.74 Å². The van der Waals surface area contributed by atoms with Gasteiger partial charge in [0.2, 0.25) is 5.78 Å². The van der Waals surface area contributed by atoms with Gasteiger partial charge in [-0.25, -0.2) is 0 Å². The maximum atomic E-state index is 12.4. The number of ether oxygens (including phenoxy) is 1. The molecule has 1 unspecified atom stereocenters. The number of aromatic nitrogens is 2. The number of aryl methyl sites for hydroxylation is 1. The highest BCUT2D eigenvalue weighted by Crippen LogP contribution is 2.21. The van der Waals surface area contributed by atoms with Gasteiger partial charge in [0.25, 0.3) is 0 Å². The van der Waals surface area contributed by atoms with Gasteiger partial charge in [0.15, 0.2) is 0 Å². The van der Waals surface area contributed by atoms with Crippen LogP contribution < -0.4 is 0 Å². The molecule has 1 atom stereocenters. The van der Waals surface area contributed by atoms with Crippen LogP contribution in [0.15, 0.2) is 42.6 Å². The van der Waals surface area contributed by atoms with Crippen LogP contribution in [-0.4, -0.2) is 22.7 Å². The van der Waals surface area contributed by atoms with Crippen molar-refractivity contribution in [2.45, 2.75) is 19.6 Å². The summed E-state index contributed by atoms with van der Waals surface area (Å²) in [5.74, 6) is -0.0666. The molecule has 0 amide bonds. The van der Waals surface area contributed by atoms with E-state index in [9.17, 15) is 4.79 Å². The third-order valence-electron chi connectivity index (χ3n) is 2.84. The summed E-state index contributed by atoms with van der Waals surface area (Å²) in [4.78, 5) is 12.4. The molecule has 0 aliphatic rings. The van der Waals surface area contributed by atoms with Gasteiger partial charge in [-0.15, -0.1) is 0 Å². The Morgan fingerprint density at radius 3 is 2.67 bits per heavy atom. The smallest absolute Gasteiger partial charge is 0.214 e. The number of hydrogen-bond acceptors (Lipinski definition) is 3. The molecular weight excluding hydrogens is 228 g/mol. The monoisotopic (exact) mass is 244 g/mol. The fourth-order valence-corrected chi connectivity index (χ4v) is 1.95. The van der Waals surface area contributed by atoms with E-state index in [1.165, 1.54) is 0 Å². The van der Waals surface area contributed by atoms with Gasteiger partial charge in [0.05, 0.1) is 0 Å². The lowest BCUT2D eigenvalue weighted by Gasteiger charge is -2.15. The van der Waals surface area contributed by atoms with Gasteiger partial charge in [-0.1, -0.05) is 30.3 Å². The van der Waals surface area contributed by atoms with Gasteiger partial charge >= 0.3 is 0 Å². The van der Waals surface area contributed by atoms with Crippen LogP contribution in [0, 0.1) is 0 Å². The summed E-state index contributed by atoms with van der Waals surface area (Å²) in [5.41, 5.74) is 1.43. The van der Waals surface area contributed by atoms with Crippen molar-refractivity contribution in [1.29, 1.82) is 0 Å². The zero-order chi connectivity index (χ0) is 13.0. The normalized spacial score (nSPS) is 12.3. The zero-order valence-electron chi connectivity index (χ0n) is 10.5. The number of nitrogens with zero attached hydrogens (tertiary/aromatic N) is 2. The number of ketones is 1. The Morgan fingerprint density at radius 2 is 2.06 bits per heavy atom. The standard InChI is InChI=1S/C14H16N2O2/c1-3-16-12(9-10-15-16)13(17)14(18-2)11-7-5-4-6-8-11/h4-10,14H,3H2,1-2H3. The summed E-state index contributed by atoms with van der Waals surface area (Å²) in [6, 6.07) is 11.2. The molecule has 1 aromatic heterocycles. The quantitative estimate of drug-likeness (QED) is 0.759. The van der Waals surface area contributed by atoms with Crippen LogP contribution in [0.1, 0.15) is 29.1 Å². The number of methoxy groups -OCH3 is 1. The lowest BCUT2D eigenvalue weighted by molar-refractivity contribution is 0.0593. The Kier molecular flexibility index (Phi) is 3.89. The predicted octanol–water partition coefficient (Wildman–Crippen LogP) is 2.47. The van der Waals surface area contributed by atoms with Gasteiger partial charge in [0.1, 0.15) is 11.8 Å². The predicted molar refractivity (Wildman–Crippen MR) is 68.4 cm³/mol.